The summed E-state index contributed by atoms with van der Waals surface area (Å²) < 4.78 is 0.961. The predicted octanol–water partition coefficient (Wildman–Crippen LogP) is 4.64. The molecule has 0 aliphatic heterocycles. The molecule has 0 saturated heterocycles. The van der Waals surface area contributed by atoms with Crippen LogP contribution < -0.4 is 0 Å². The zero-order valence-corrected chi connectivity index (χ0v) is 12.7. The summed E-state index contributed by atoms with van der Waals surface area (Å²) in [7, 11) is 0. The average molecular weight is 328 g/mol. The molecule has 3 heteroatoms. The molecule has 0 aliphatic carbocycles. The van der Waals surface area contributed by atoms with Gasteiger partial charge in [0.15, 0.2) is 5.78 Å². The summed E-state index contributed by atoms with van der Waals surface area (Å²) in [6, 6.07) is 17.2. The van der Waals surface area contributed by atoms with Crippen molar-refractivity contribution in [2.45, 2.75) is 19.3 Å². The smallest absolute Gasteiger partial charge is 0.164 e. The number of carbonyl (C=O) groups excluding carboxylic acids is 1. The van der Waals surface area contributed by atoms with Crippen molar-refractivity contribution < 1.29 is 4.79 Å². The molecular formula is C17H14BrNO. The monoisotopic (exact) mass is 327 g/mol. The molecule has 0 heterocycles. The maximum Gasteiger partial charge on any atom is 0.164 e. The SMILES string of the molecule is Cc1ccc(C(=O)C[C@@H](C#N)c2ccc(Br)cc2)cc1. The second kappa shape index (κ2) is 6.49. The van der Waals surface area contributed by atoms with Gasteiger partial charge in [0.1, 0.15) is 0 Å². The molecule has 2 rings (SSSR count). The number of Topliss-reactive ketones (excluding diaryl/α,β-unsaturated/α-hetero) is 1. The Kier molecular flexibility index (Phi) is 4.70. The maximum absolute atomic E-state index is 12.2. The van der Waals surface area contributed by atoms with Gasteiger partial charge in [-0.1, -0.05) is 57.9 Å². The van der Waals surface area contributed by atoms with E-state index < -0.39 is 5.92 Å². The van der Waals surface area contributed by atoms with E-state index in [1.165, 1.54) is 0 Å². The molecule has 2 nitrogen and oxygen atoms in total. The molecule has 0 fully saturated rings. The van der Waals surface area contributed by atoms with E-state index in [9.17, 15) is 10.1 Å². The molecule has 100 valence electrons. The molecule has 2 aromatic carbocycles. The predicted molar refractivity (Wildman–Crippen MR) is 82.6 cm³/mol. The van der Waals surface area contributed by atoms with E-state index in [1.54, 1.807) is 0 Å². The van der Waals surface area contributed by atoms with Crippen LogP contribution in [0.5, 0.6) is 0 Å². The second-order valence-corrected chi connectivity index (χ2v) is 5.64. The number of nitrogens with zero attached hydrogens (tertiary/aromatic N) is 1. The van der Waals surface area contributed by atoms with E-state index in [0.717, 1.165) is 15.6 Å². The third-order valence-electron chi connectivity index (χ3n) is 3.19. The van der Waals surface area contributed by atoms with Crippen molar-refractivity contribution >= 4 is 21.7 Å². The average Bonchev–Trinajstić information content (AvgIpc) is 2.46. The van der Waals surface area contributed by atoms with Gasteiger partial charge in [-0.05, 0) is 24.6 Å². The van der Waals surface area contributed by atoms with E-state index >= 15 is 0 Å². The van der Waals surface area contributed by atoms with Gasteiger partial charge in [0.05, 0.1) is 12.0 Å². The fraction of sp³-hybridized carbons (Fsp3) is 0.176. The number of hydrogen-bond donors (Lipinski definition) is 0. The lowest BCUT2D eigenvalue weighted by Crippen LogP contribution is -2.06. The first-order valence-corrected chi connectivity index (χ1v) is 7.14. The minimum atomic E-state index is -0.406. The van der Waals surface area contributed by atoms with Gasteiger partial charge in [0.25, 0.3) is 0 Å². The molecule has 20 heavy (non-hydrogen) atoms. The van der Waals surface area contributed by atoms with Gasteiger partial charge in [-0.3, -0.25) is 4.79 Å². The molecule has 0 amide bonds. The number of nitriles is 1. The molecule has 0 aromatic heterocycles. The summed E-state index contributed by atoms with van der Waals surface area (Å²) in [6.07, 6.45) is 0.210. The van der Waals surface area contributed by atoms with Crippen molar-refractivity contribution in [3.8, 4) is 6.07 Å². The van der Waals surface area contributed by atoms with E-state index in [1.807, 2.05) is 55.5 Å². The van der Waals surface area contributed by atoms with Gasteiger partial charge in [-0.15, -0.1) is 0 Å². The first-order chi connectivity index (χ1) is 9.60. The Balaban J connectivity index is 2.14. The zero-order chi connectivity index (χ0) is 14.5. The molecular weight excluding hydrogens is 314 g/mol. The topological polar surface area (TPSA) is 40.9 Å². The van der Waals surface area contributed by atoms with E-state index in [0.29, 0.717) is 5.56 Å². The number of benzene rings is 2. The van der Waals surface area contributed by atoms with Gasteiger partial charge in [-0.2, -0.15) is 5.26 Å². The Bertz CT molecular complexity index is 638. The van der Waals surface area contributed by atoms with Crippen LogP contribution in [0.15, 0.2) is 53.0 Å². The highest BCUT2D eigenvalue weighted by atomic mass is 79.9. The first-order valence-electron chi connectivity index (χ1n) is 6.35. The van der Waals surface area contributed by atoms with Crippen molar-refractivity contribution in [2.24, 2.45) is 0 Å². The highest BCUT2D eigenvalue weighted by Crippen LogP contribution is 2.23. The van der Waals surface area contributed by atoms with Crippen molar-refractivity contribution in [3.63, 3.8) is 0 Å². The van der Waals surface area contributed by atoms with Crippen LogP contribution in [-0.2, 0) is 0 Å². The summed E-state index contributed by atoms with van der Waals surface area (Å²) in [4.78, 5) is 12.2. The van der Waals surface area contributed by atoms with Crippen LogP contribution in [0.4, 0.5) is 0 Å². The maximum atomic E-state index is 12.2. The molecule has 0 bridgehead atoms. The molecule has 0 spiro atoms. The number of aryl methyl sites for hydroxylation is 1. The summed E-state index contributed by atoms with van der Waals surface area (Å²) >= 11 is 3.36. The number of hydrogen-bond acceptors (Lipinski definition) is 2. The first kappa shape index (κ1) is 14.5. The van der Waals surface area contributed by atoms with Crippen LogP contribution in [0.25, 0.3) is 0 Å². The summed E-state index contributed by atoms with van der Waals surface area (Å²) in [5.74, 6) is -0.406. The Hall–Kier alpha value is -1.92. The van der Waals surface area contributed by atoms with Gasteiger partial charge in [-0.25, -0.2) is 0 Å². The fourth-order valence-electron chi connectivity index (χ4n) is 1.98. The highest BCUT2D eigenvalue weighted by Gasteiger charge is 2.16. The highest BCUT2D eigenvalue weighted by molar-refractivity contribution is 9.10. The summed E-state index contributed by atoms with van der Waals surface area (Å²) in [5.41, 5.74) is 2.65. The molecule has 0 saturated carbocycles. The number of rotatable bonds is 4. The zero-order valence-electron chi connectivity index (χ0n) is 11.1. The molecule has 1 atom stereocenters. The van der Waals surface area contributed by atoms with Crippen LogP contribution in [0.2, 0.25) is 0 Å². The lowest BCUT2D eigenvalue weighted by atomic mass is 9.92. The Morgan fingerprint density at radius 2 is 1.75 bits per heavy atom. The van der Waals surface area contributed by atoms with Crippen LogP contribution in [-0.4, -0.2) is 5.78 Å². The van der Waals surface area contributed by atoms with Gasteiger partial charge < -0.3 is 0 Å². The number of ketones is 1. The van der Waals surface area contributed by atoms with Crippen molar-refractivity contribution in [1.29, 1.82) is 5.26 Å². The number of halogens is 1. The lowest BCUT2D eigenvalue weighted by Gasteiger charge is -2.09. The standard InChI is InChI=1S/C17H14BrNO/c1-12-2-4-14(5-3-12)17(20)10-15(11-19)13-6-8-16(18)9-7-13/h2-9,15H,10H2,1H3/t15-/m0/s1. The van der Waals surface area contributed by atoms with E-state index in [4.69, 9.17) is 0 Å². The molecule has 2 aromatic rings. The van der Waals surface area contributed by atoms with E-state index in [2.05, 4.69) is 22.0 Å². The lowest BCUT2D eigenvalue weighted by molar-refractivity contribution is 0.0979. The quantitative estimate of drug-likeness (QED) is 0.767. The van der Waals surface area contributed by atoms with E-state index in [-0.39, 0.29) is 12.2 Å². The largest absolute Gasteiger partial charge is 0.294 e. The van der Waals surface area contributed by atoms with Gasteiger partial charge in [0, 0.05) is 16.5 Å². The molecule has 0 N–H and O–H groups in total. The van der Waals surface area contributed by atoms with Crippen molar-refractivity contribution in [3.05, 3.63) is 69.7 Å². The third kappa shape index (κ3) is 3.55. The summed E-state index contributed by atoms with van der Waals surface area (Å²) in [6.45, 7) is 1.98. The third-order valence-corrected chi connectivity index (χ3v) is 3.72. The van der Waals surface area contributed by atoms with Crippen LogP contribution in [0, 0.1) is 18.3 Å². The fourth-order valence-corrected chi connectivity index (χ4v) is 2.24. The molecule has 0 unspecified atom stereocenters. The normalized spacial score (nSPS) is 11.7. The minimum Gasteiger partial charge on any atom is -0.294 e. The van der Waals surface area contributed by atoms with Gasteiger partial charge >= 0.3 is 0 Å². The van der Waals surface area contributed by atoms with Crippen molar-refractivity contribution in [1.82, 2.24) is 0 Å². The number of carbonyl (C=O) groups is 1. The Morgan fingerprint density at radius 3 is 2.30 bits per heavy atom. The Morgan fingerprint density at radius 1 is 1.15 bits per heavy atom. The summed E-state index contributed by atoms with van der Waals surface area (Å²) in [5, 5.41) is 9.27. The second-order valence-electron chi connectivity index (χ2n) is 4.73. The minimum absolute atomic E-state index is 0.000492. The van der Waals surface area contributed by atoms with Crippen LogP contribution >= 0.6 is 15.9 Å². The van der Waals surface area contributed by atoms with Gasteiger partial charge in [0.2, 0.25) is 0 Å². The van der Waals surface area contributed by atoms with Crippen LogP contribution in [0.3, 0.4) is 0 Å². The van der Waals surface area contributed by atoms with Crippen LogP contribution in [0.1, 0.15) is 33.8 Å². The van der Waals surface area contributed by atoms with Crippen molar-refractivity contribution in [2.75, 3.05) is 0 Å². The molecule has 0 aliphatic rings. The molecule has 0 radical (unpaired) electrons. The Labute approximate surface area is 127 Å².